The van der Waals surface area contributed by atoms with Crippen LogP contribution in [0.1, 0.15) is 56.5 Å². The molecule has 1 aliphatic carbocycles. The van der Waals surface area contributed by atoms with E-state index in [4.69, 9.17) is 5.11 Å². The Bertz CT molecular complexity index is 514. The summed E-state index contributed by atoms with van der Waals surface area (Å²) in [7, 11) is 0. The first-order valence-corrected chi connectivity index (χ1v) is 6.74. The molecule has 7 nitrogen and oxygen atoms in total. The quantitative estimate of drug-likeness (QED) is 0.843. The normalized spacial score (nSPS) is 15.2. The van der Waals surface area contributed by atoms with E-state index in [9.17, 15) is 9.59 Å². The number of nitrogens with zero attached hydrogens (tertiary/aromatic N) is 3. The van der Waals surface area contributed by atoms with Crippen LogP contribution in [0.25, 0.3) is 0 Å². The van der Waals surface area contributed by atoms with E-state index >= 15 is 0 Å². The highest BCUT2D eigenvalue weighted by molar-refractivity contribution is 5.91. The molecule has 1 amide bonds. The van der Waals surface area contributed by atoms with Gasteiger partial charge in [0.2, 0.25) is 5.82 Å². The van der Waals surface area contributed by atoms with E-state index in [1.54, 1.807) is 4.90 Å². The minimum Gasteiger partial charge on any atom is -0.481 e. The van der Waals surface area contributed by atoms with Crippen molar-refractivity contribution >= 4 is 11.9 Å². The summed E-state index contributed by atoms with van der Waals surface area (Å²) in [6, 6.07) is 0.137. The average Bonchev–Trinajstić information content (AvgIpc) is 3.03. The predicted molar refractivity (Wildman–Crippen MR) is 71.4 cm³/mol. The number of hydrogen-bond acceptors (Lipinski definition) is 4. The Morgan fingerprint density at radius 3 is 2.50 bits per heavy atom. The van der Waals surface area contributed by atoms with Crippen LogP contribution in [0.15, 0.2) is 0 Å². The molecule has 0 aliphatic heterocycles. The Labute approximate surface area is 117 Å². The van der Waals surface area contributed by atoms with Crippen molar-refractivity contribution in [2.75, 3.05) is 6.54 Å². The monoisotopic (exact) mass is 280 g/mol. The largest absolute Gasteiger partial charge is 0.481 e. The van der Waals surface area contributed by atoms with Crippen LogP contribution in [0, 0.1) is 0 Å². The first-order chi connectivity index (χ1) is 9.29. The molecule has 1 aliphatic rings. The standard InChI is InChI=1S/C13H20N4O3/c1-13(2,3)12-14-10(15-16-12)11(20)17(8-4-5-8)7-6-9(18)19/h8H,4-7H2,1-3H3,(H,18,19)(H,14,15,16). The van der Waals surface area contributed by atoms with Gasteiger partial charge in [0.15, 0.2) is 0 Å². The highest BCUT2D eigenvalue weighted by Gasteiger charge is 2.35. The van der Waals surface area contributed by atoms with Crippen LogP contribution in [0.5, 0.6) is 0 Å². The van der Waals surface area contributed by atoms with E-state index in [0.29, 0.717) is 5.82 Å². The summed E-state index contributed by atoms with van der Waals surface area (Å²) >= 11 is 0. The number of carboxylic acids is 1. The van der Waals surface area contributed by atoms with Gasteiger partial charge in [-0.3, -0.25) is 14.7 Å². The smallest absolute Gasteiger partial charge is 0.305 e. The molecule has 7 heteroatoms. The summed E-state index contributed by atoms with van der Waals surface area (Å²) in [6.45, 7) is 6.14. The number of aliphatic carboxylic acids is 1. The van der Waals surface area contributed by atoms with Crippen molar-refractivity contribution in [2.45, 2.75) is 51.5 Å². The van der Waals surface area contributed by atoms with Gasteiger partial charge >= 0.3 is 5.97 Å². The van der Waals surface area contributed by atoms with Crippen LogP contribution in [0.3, 0.4) is 0 Å². The lowest BCUT2D eigenvalue weighted by Gasteiger charge is -2.19. The summed E-state index contributed by atoms with van der Waals surface area (Å²) in [5.74, 6) is -0.434. The van der Waals surface area contributed by atoms with Crippen molar-refractivity contribution < 1.29 is 14.7 Å². The highest BCUT2D eigenvalue weighted by atomic mass is 16.4. The molecule has 20 heavy (non-hydrogen) atoms. The van der Waals surface area contributed by atoms with E-state index in [2.05, 4.69) is 15.2 Å². The molecular weight excluding hydrogens is 260 g/mol. The zero-order valence-corrected chi connectivity index (χ0v) is 12.0. The molecule has 0 atom stereocenters. The first kappa shape index (κ1) is 14.5. The lowest BCUT2D eigenvalue weighted by Crippen LogP contribution is -2.35. The van der Waals surface area contributed by atoms with Crippen LogP contribution in [-0.4, -0.2) is 49.7 Å². The van der Waals surface area contributed by atoms with Crippen LogP contribution >= 0.6 is 0 Å². The fourth-order valence-electron chi connectivity index (χ4n) is 1.87. The van der Waals surface area contributed by atoms with E-state index < -0.39 is 5.97 Å². The summed E-state index contributed by atoms with van der Waals surface area (Å²) in [5.41, 5.74) is -0.211. The number of H-pyrrole nitrogens is 1. The number of nitrogens with one attached hydrogen (secondary N) is 1. The number of carbonyl (C=O) groups is 2. The van der Waals surface area contributed by atoms with Crippen molar-refractivity contribution in [3.05, 3.63) is 11.6 Å². The number of aromatic nitrogens is 3. The molecule has 1 aromatic rings. The predicted octanol–water partition coefficient (Wildman–Crippen LogP) is 1.18. The summed E-state index contributed by atoms with van der Waals surface area (Å²) < 4.78 is 0. The lowest BCUT2D eigenvalue weighted by atomic mass is 9.96. The number of rotatable bonds is 5. The lowest BCUT2D eigenvalue weighted by molar-refractivity contribution is -0.137. The fourth-order valence-corrected chi connectivity index (χ4v) is 1.87. The minimum atomic E-state index is -0.909. The topological polar surface area (TPSA) is 99.2 Å². The van der Waals surface area contributed by atoms with Crippen LogP contribution in [-0.2, 0) is 10.2 Å². The molecule has 1 aromatic heterocycles. The van der Waals surface area contributed by atoms with Crippen LogP contribution in [0.4, 0.5) is 0 Å². The number of hydrogen-bond donors (Lipinski definition) is 2. The zero-order chi connectivity index (χ0) is 14.9. The van der Waals surface area contributed by atoms with E-state index in [-0.39, 0.29) is 36.2 Å². The number of carbonyl (C=O) groups excluding carboxylic acids is 1. The third kappa shape index (κ3) is 3.34. The molecule has 0 spiro atoms. The van der Waals surface area contributed by atoms with Crippen LogP contribution in [0.2, 0.25) is 0 Å². The molecule has 1 heterocycles. The van der Waals surface area contributed by atoms with Crippen molar-refractivity contribution in [1.29, 1.82) is 0 Å². The van der Waals surface area contributed by atoms with Crippen molar-refractivity contribution in [3.8, 4) is 0 Å². The Hall–Kier alpha value is -1.92. The van der Waals surface area contributed by atoms with Gasteiger partial charge in [0, 0.05) is 18.0 Å². The molecule has 0 radical (unpaired) electrons. The third-order valence-electron chi connectivity index (χ3n) is 3.20. The molecule has 0 saturated heterocycles. The van der Waals surface area contributed by atoms with Gasteiger partial charge in [-0.05, 0) is 12.8 Å². The molecule has 0 aromatic carbocycles. The van der Waals surface area contributed by atoms with Gasteiger partial charge in [-0.15, -0.1) is 5.10 Å². The molecule has 0 bridgehead atoms. The van der Waals surface area contributed by atoms with E-state index in [1.165, 1.54) is 0 Å². The summed E-state index contributed by atoms with van der Waals surface area (Å²) in [5, 5.41) is 15.5. The molecule has 0 unspecified atom stereocenters. The van der Waals surface area contributed by atoms with E-state index in [1.807, 2.05) is 20.8 Å². The molecule has 2 N–H and O–H groups in total. The first-order valence-electron chi connectivity index (χ1n) is 6.74. The van der Waals surface area contributed by atoms with E-state index in [0.717, 1.165) is 12.8 Å². The maximum atomic E-state index is 12.4. The van der Waals surface area contributed by atoms with Gasteiger partial charge in [0.1, 0.15) is 5.82 Å². The van der Waals surface area contributed by atoms with Gasteiger partial charge in [-0.1, -0.05) is 20.8 Å². The zero-order valence-electron chi connectivity index (χ0n) is 12.0. The summed E-state index contributed by atoms with van der Waals surface area (Å²) in [6.07, 6.45) is 1.78. The second-order valence-corrected chi connectivity index (χ2v) is 6.13. The maximum Gasteiger partial charge on any atom is 0.305 e. The Kier molecular flexibility index (Phi) is 3.78. The molecule has 1 fully saturated rings. The highest BCUT2D eigenvalue weighted by Crippen LogP contribution is 2.28. The molecular formula is C13H20N4O3. The second-order valence-electron chi connectivity index (χ2n) is 6.13. The summed E-state index contributed by atoms with van der Waals surface area (Å²) in [4.78, 5) is 28.8. The Balaban J connectivity index is 2.11. The van der Waals surface area contributed by atoms with Crippen molar-refractivity contribution in [2.24, 2.45) is 0 Å². The Morgan fingerprint density at radius 2 is 2.05 bits per heavy atom. The number of aromatic amines is 1. The van der Waals surface area contributed by atoms with Crippen molar-refractivity contribution in [3.63, 3.8) is 0 Å². The molecule has 2 rings (SSSR count). The third-order valence-corrected chi connectivity index (χ3v) is 3.20. The Morgan fingerprint density at radius 1 is 1.40 bits per heavy atom. The number of carboxylic acid groups (broad SMARTS) is 1. The van der Waals surface area contributed by atoms with Gasteiger partial charge in [0.05, 0.1) is 6.42 Å². The van der Waals surface area contributed by atoms with Gasteiger partial charge in [-0.25, -0.2) is 4.98 Å². The van der Waals surface area contributed by atoms with Gasteiger partial charge in [0.25, 0.3) is 5.91 Å². The van der Waals surface area contributed by atoms with Gasteiger partial charge < -0.3 is 10.0 Å². The van der Waals surface area contributed by atoms with Crippen molar-refractivity contribution in [1.82, 2.24) is 20.1 Å². The fraction of sp³-hybridized carbons (Fsp3) is 0.692. The van der Waals surface area contributed by atoms with Crippen LogP contribution < -0.4 is 0 Å². The molecule has 110 valence electrons. The van der Waals surface area contributed by atoms with Gasteiger partial charge in [-0.2, -0.15) is 0 Å². The average molecular weight is 280 g/mol. The SMILES string of the molecule is CC(C)(C)c1nc(C(=O)N(CCC(=O)O)C2CC2)n[nH]1. The maximum absolute atomic E-state index is 12.4. The number of amides is 1. The molecule has 1 saturated carbocycles. The second kappa shape index (κ2) is 5.22. The minimum absolute atomic E-state index is 0.0568.